The number of thioether (sulfide) groups is 1. The van der Waals surface area contributed by atoms with Crippen LogP contribution in [0.4, 0.5) is 11.4 Å². The molecule has 44 heavy (non-hydrogen) atoms. The largest absolute Gasteiger partial charge is 0.378 e. The van der Waals surface area contributed by atoms with Gasteiger partial charge in [-0.25, -0.2) is 0 Å². The van der Waals surface area contributed by atoms with E-state index in [-0.39, 0.29) is 30.9 Å². The van der Waals surface area contributed by atoms with E-state index >= 15 is 0 Å². The van der Waals surface area contributed by atoms with E-state index in [4.69, 9.17) is 17.0 Å². The van der Waals surface area contributed by atoms with Crippen LogP contribution in [0.5, 0.6) is 0 Å². The Kier molecular flexibility index (Phi) is 9.63. The normalized spacial score (nSPS) is 19.7. The highest BCUT2D eigenvalue weighted by Crippen LogP contribution is 2.36. The van der Waals surface area contributed by atoms with Crippen molar-refractivity contribution in [1.82, 2.24) is 20.1 Å². The third-order valence-corrected chi connectivity index (χ3v) is 10.0. The van der Waals surface area contributed by atoms with E-state index in [0.717, 1.165) is 41.4 Å². The number of carbonyl (C=O) groups excluding carboxylic acids is 2. The van der Waals surface area contributed by atoms with E-state index < -0.39 is 5.54 Å². The summed E-state index contributed by atoms with van der Waals surface area (Å²) in [7, 11) is 0. The molecule has 6 rings (SSSR count). The number of ether oxygens (including phenoxy) is 1. The molecule has 3 fully saturated rings. The lowest BCUT2D eigenvalue weighted by Gasteiger charge is -2.45. The molecule has 11 heteroatoms. The second-order valence-corrected chi connectivity index (χ2v) is 13.0. The number of carbonyl (C=O) groups is 2. The predicted molar refractivity (Wildman–Crippen MR) is 179 cm³/mol. The predicted octanol–water partition coefficient (Wildman–Crippen LogP) is 4.08. The Balaban J connectivity index is 1.24. The number of anilines is 2. The highest BCUT2D eigenvalue weighted by molar-refractivity contribution is 7.99. The number of aromatic nitrogens is 1. The fraction of sp³-hybridized carbons (Fsp3) is 0.394. The molecule has 1 aromatic heterocycles. The zero-order valence-electron chi connectivity index (χ0n) is 24.7. The summed E-state index contributed by atoms with van der Waals surface area (Å²) in [4.78, 5) is 39.0. The van der Waals surface area contributed by atoms with Crippen LogP contribution in [0.2, 0.25) is 0 Å². The second kappa shape index (κ2) is 14.0. The molecule has 0 saturated carbocycles. The molecule has 2 N–H and O–H groups in total. The van der Waals surface area contributed by atoms with Crippen LogP contribution < -0.4 is 15.5 Å². The first-order chi connectivity index (χ1) is 21.5. The molecule has 2 amide bonds. The van der Waals surface area contributed by atoms with Crippen molar-refractivity contribution in [1.29, 1.82) is 0 Å². The number of morpholine rings is 1. The Hall–Kier alpha value is -3.67. The van der Waals surface area contributed by atoms with Gasteiger partial charge in [0.05, 0.1) is 25.8 Å². The van der Waals surface area contributed by atoms with Crippen LogP contribution in [0.25, 0.3) is 0 Å². The van der Waals surface area contributed by atoms with Gasteiger partial charge in [-0.3, -0.25) is 14.6 Å². The smallest absolute Gasteiger partial charge is 0.250 e. The summed E-state index contributed by atoms with van der Waals surface area (Å²) in [5.41, 5.74) is 2.82. The number of hydrogen-bond donors (Lipinski definition) is 2. The van der Waals surface area contributed by atoms with Crippen LogP contribution in [0.1, 0.15) is 30.0 Å². The topological polar surface area (TPSA) is 90.0 Å². The molecular formula is C33H38N6O3S2. The molecule has 0 aliphatic carbocycles. The van der Waals surface area contributed by atoms with Gasteiger partial charge in [-0.15, -0.1) is 0 Å². The number of hydrogen-bond acceptors (Lipinski definition) is 7. The van der Waals surface area contributed by atoms with E-state index in [1.54, 1.807) is 17.3 Å². The Morgan fingerprint density at radius 3 is 2.50 bits per heavy atom. The molecule has 3 aromatic rings. The maximum absolute atomic E-state index is 14.3. The molecule has 3 aliphatic heterocycles. The first-order valence-corrected chi connectivity index (χ1v) is 16.7. The maximum atomic E-state index is 14.3. The number of thiocarbonyl (C=S) groups is 1. The summed E-state index contributed by atoms with van der Waals surface area (Å²) in [6.45, 7) is 4.08. The lowest BCUT2D eigenvalue weighted by atomic mass is 9.87. The monoisotopic (exact) mass is 630 g/mol. The molecule has 1 atom stereocenters. The fourth-order valence-corrected chi connectivity index (χ4v) is 7.60. The summed E-state index contributed by atoms with van der Waals surface area (Å²) in [6, 6.07) is 21.9. The standard InChI is InChI=1S/C33H38N6O3S2/c40-30(24-38-23-29(36-32(38)43)26-6-2-1-3-7-26)39(22-25-5-4-14-34-21-25)33(12-19-44-20-13-33)31(41)35-27-8-10-28(11-9-27)37-15-17-42-18-16-37/h1-11,14,21,29H,12-13,15-20,22-24H2,(H,35,41)(H,36,43)/t29-/m1/s1. The fourth-order valence-electron chi connectivity index (χ4n) is 6.15. The van der Waals surface area contributed by atoms with Gasteiger partial charge in [-0.05, 0) is 78.0 Å². The van der Waals surface area contributed by atoms with E-state index in [1.165, 1.54) is 0 Å². The number of pyridine rings is 1. The molecule has 9 nitrogen and oxygen atoms in total. The third-order valence-electron chi connectivity index (χ3n) is 8.64. The van der Waals surface area contributed by atoms with Crippen molar-refractivity contribution in [2.24, 2.45) is 0 Å². The lowest BCUT2D eigenvalue weighted by molar-refractivity contribution is -0.147. The van der Waals surface area contributed by atoms with Crippen LogP contribution in [-0.4, -0.2) is 88.1 Å². The number of nitrogens with zero attached hydrogens (tertiary/aromatic N) is 4. The van der Waals surface area contributed by atoms with Crippen molar-refractivity contribution in [3.63, 3.8) is 0 Å². The highest BCUT2D eigenvalue weighted by Gasteiger charge is 2.48. The average Bonchev–Trinajstić information content (AvgIpc) is 3.45. The zero-order chi connectivity index (χ0) is 30.4. The molecule has 0 bridgehead atoms. The van der Waals surface area contributed by atoms with Crippen molar-refractivity contribution in [2.45, 2.75) is 31.0 Å². The first kappa shape index (κ1) is 30.4. The van der Waals surface area contributed by atoms with Gasteiger partial charge in [0, 0.05) is 49.9 Å². The molecular weight excluding hydrogens is 593 g/mol. The van der Waals surface area contributed by atoms with Gasteiger partial charge in [-0.2, -0.15) is 11.8 Å². The molecule has 230 valence electrons. The van der Waals surface area contributed by atoms with Crippen molar-refractivity contribution in [3.8, 4) is 0 Å². The lowest BCUT2D eigenvalue weighted by Crippen LogP contribution is -2.61. The Morgan fingerprint density at radius 1 is 1.05 bits per heavy atom. The number of benzene rings is 2. The molecule has 3 saturated heterocycles. The quantitative estimate of drug-likeness (QED) is 0.340. The van der Waals surface area contributed by atoms with Crippen molar-refractivity contribution < 1.29 is 14.3 Å². The summed E-state index contributed by atoms with van der Waals surface area (Å²) in [5, 5.41) is 7.10. The average molecular weight is 631 g/mol. The van der Waals surface area contributed by atoms with Crippen LogP contribution in [0, 0.1) is 0 Å². The Labute approximate surface area is 268 Å². The van der Waals surface area contributed by atoms with Crippen LogP contribution >= 0.6 is 24.0 Å². The van der Waals surface area contributed by atoms with Gasteiger partial charge in [0.25, 0.3) is 0 Å². The van der Waals surface area contributed by atoms with Gasteiger partial charge in [0.2, 0.25) is 11.8 Å². The molecule has 3 aliphatic rings. The molecule has 0 radical (unpaired) electrons. The minimum absolute atomic E-state index is 0.00652. The van der Waals surface area contributed by atoms with Crippen LogP contribution in [-0.2, 0) is 20.9 Å². The molecule has 0 unspecified atom stereocenters. The SMILES string of the molecule is O=C(CN1C[C@H](c2ccccc2)NC1=S)N(Cc1cccnc1)C1(C(=O)Nc2ccc(N3CCOCC3)cc2)CCSCC1. The minimum atomic E-state index is -1.01. The van der Waals surface area contributed by atoms with Gasteiger partial charge in [-0.1, -0.05) is 36.4 Å². The molecule has 2 aromatic carbocycles. The Bertz CT molecular complexity index is 1430. The third kappa shape index (κ3) is 6.85. The first-order valence-electron chi connectivity index (χ1n) is 15.1. The van der Waals surface area contributed by atoms with E-state index in [9.17, 15) is 9.59 Å². The van der Waals surface area contributed by atoms with Crippen LogP contribution in [0.15, 0.2) is 79.1 Å². The number of amides is 2. The summed E-state index contributed by atoms with van der Waals surface area (Å²) >= 11 is 7.49. The van der Waals surface area contributed by atoms with Gasteiger partial charge < -0.3 is 30.1 Å². The number of nitrogens with one attached hydrogen (secondary N) is 2. The van der Waals surface area contributed by atoms with E-state index in [2.05, 4.69) is 32.7 Å². The highest BCUT2D eigenvalue weighted by atomic mass is 32.2. The summed E-state index contributed by atoms with van der Waals surface area (Å²) in [5.74, 6) is 1.30. The summed E-state index contributed by atoms with van der Waals surface area (Å²) < 4.78 is 5.48. The molecule has 4 heterocycles. The summed E-state index contributed by atoms with van der Waals surface area (Å²) in [6.07, 6.45) is 4.61. The molecule has 0 spiro atoms. The van der Waals surface area contributed by atoms with Gasteiger partial charge in [0.15, 0.2) is 5.11 Å². The maximum Gasteiger partial charge on any atom is 0.250 e. The van der Waals surface area contributed by atoms with Crippen molar-refractivity contribution >= 4 is 52.3 Å². The van der Waals surface area contributed by atoms with Gasteiger partial charge >= 0.3 is 0 Å². The van der Waals surface area contributed by atoms with E-state index in [1.807, 2.05) is 71.3 Å². The van der Waals surface area contributed by atoms with Crippen molar-refractivity contribution in [2.75, 3.05) is 61.1 Å². The number of rotatable bonds is 9. The van der Waals surface area contributed by atoms with Gasteiger partial charge in [0.1, 0.15) is 5.54 Å². The zero-order valence-corrected chi connectivity index (χ0v) is 26.3. The van der Waals surface area contributed by atoms with Crippen molar-refractivity contribution in [3.05, 3.63) is 90.3 Å². The second-order valence-electron chi connectivity index (χ2n) is 11.4. The minimum Gasteiger partial charge on any atom is -0.378 e. The van der Waals surface area contributed by atoms with Crippen LogP contribution in [0.3, 0.4) is 0 Å². The Morgan fingerprint density at radius 2 is 1.80 bits per heavy atom. The van der Waals surface area contributed by atoms with E-state index in [0.29, 0.717) is 43.4 Å².